The second-order valence-corrected chi connectivity index (χ2v) is 4.77. The van der Waals surface area contributed by atoms with Crippen molar-refractivity contribution >= 4 is 39.1 Å². The number of fused-ring (bicyclic) bond motifs is 1. The van der Waals surface area contributed by atoms with Crippen LogP contribution in [0.5, 0.6) is 0 Å². The average molecular weight is 250 g/mol. The van der Waals surface area contributed by atoms with E-state index >= 15 is 0 Å². The largest absolute Gasteiger partial charge is 0.481 e. The Bertz CT molecular complexity index is 591. The van der Waals surface area contributed by atoms with Gasteiger partial charge in [0.05, 0.1) is 15.2 Å². The van der Waals surface area contributed by atoms with Gasteiger partial charge in [0, 0.05) is 5.69 Å². The Labute approximate surface area is 101 Å². The summed E-state index contributed by atoms with van der Waals surface area (Å²) in [5, 5.41) is 12.0. The number of hydrogen-bond acceptors (Lipinski definition) is 4. The van der Waals surface area contributed by atoms with Gasteiger partial charge in [-0.25, -0.2) is 4.98 Å². The van der Waals surface area contributed by atoms with Crippen LogP contribution in [0, 0.1) is 6.92 Å². The van der Waals surface area contributed by atoms with E-state index in [2.05, 4.69) is 10.3 Å². The fourth-order valence-corrected chi connectivity index (χ4v) is 2.33. The number of carboxylic acid groups (broad SMARTS) is 1. The zero-order valence-electron chi connectivity index (χ0n) is 9.06. The van der Waals surface area contributed by atoms with Gasteiger partial charge in [0.25, 0.3) is 0 Å². The molecule has 2 N–H and O–H groups in total. The number of benzene rings is 1. The van der Waals surface area contributed by atoms with E-state index in [1.165, 1.54) is 11.3 Å². The van der Waals surface area contributed by atoms with Gasteiger partial charge in [0.1, 0.15) is 6.42 Å². The van der Waals surface area contributed by atoms with Gasteiger partial charge < -0.3 is 10.4 Å². The van der Waals surface area contributed by atoms with Crippen LogP contribution in [0.3, 0.4) is 0 Å². The zero-order chi connectivity index (χ0) is 12.4. The fourth-order valence-electron chi connectivity index (χ4n) is 1.46. The third kappa shape index (κ3) is 2.79. The highest BCUT2D eigenvalue weighted by Crippen LogP contribution is 2.24. The molecule has 0 saturated heterocycles. The minimum absolute atomic E-state index is 0.528. The number of aromatic nitrogens is 1. The lowest BCUT2D eigenvalue weighted by Crippen LogP contribution is -2.15. The highest BCUT2D eigenvalue weighted by Gasteiger charge is 2.08. The molecule has 0 aliphatic heterocycles. The molecule has 6 heteroatoms. The van der Waals surface area contributed by atoms with E-state index in [1.807, 2.05) is 6.92 Å². The molecule has 0 saturated carbocycles. The van der Waals surface area contributed by atoms with E-state index in [-0.39, 0.29) is 0 Å². The molecule has 1 aromatic heterocycles. The third-order valence-corrected chi connectivity index (χ3v) is 3.02. The van der Waals surface area contributed by atoms with Crippen LogP contribution in [0.2, 0.25) is 0 Å². The molecule has 0 unspecified atom stereocenters. The summed E-state index contributed by atoms with van der Waals surface area (Å²) in [5.41, 5.74) is 1.47. The van der Waals surface area contributed by atoms with E-state index in [0.29, 0.717) is 5.69 Å². The van der Waals surface area contributed by atoms with Crippen molar-refractivity contribution in [2.24, 2.45) is 0 Å². The number of carbonyl (C=O) groups is 2. The average Bonchev–Trinajstić information content (AvgIpc) is 2.55. The molecule has 17 heavy (non-hydrogen) atoms. The Morgan fingerprint density at radius 2 is 2.24 bits per heavy atom. The molecule has 1 heterocycles. The van der Waals surface area contributed by atoms with Crippen LogP contribution >= 0.6 is 11.3 Å². The number of carboxylic acids is 1. The first-order chi connectivity index (χ1) is 8.04. The molecule has 0 spiro atoms. The van der Waals surface area contributed by atoms with E-state index in [0.717, 1.165) is 15.2 Å². The predicted octanol–water partition coefficient (Wildman–Crippen LogP) is 2.02. The molecule has 0 fully saturated rings. The maximum absolute atomic E-state index is 11.3. The lowest BCUT2D eigenvalue weighted by atomic mass is 10.3. The van der Waals surface area contributed by atoms with Gasteiger partial charge in [-0.05, 0) is 25.1 Å². The molecule has 0 bridgehead atoms. The summed E-state index contributed by atoms with van der Waals surface area (Å²) in [6.45, 7) is 1.91. The summed E-state index contributed by atoms with van der Waals surface area (Å²) in [5.74, 6) is -1.67. The van der Waals surface area contributed by atoms with Crippen molar-refractivity contribution in [2.45, 2.75) is 13.3 Å². The van der Waals surface area contributed by atoms with Gasteiger partial charge in [0.2, 0.25) is 5.91 Å². The van der Waals surface area contributed by atoms with Crippen molar-refractivity contribution in [3.8, 4) is 0 Å². The lowest BCUT2D eigenvalue weighted by molar-refractivity contribution is -0.139. The summed E-state index contributed by atoms with van der Waals surface area (Å²) in [7, 11) is 0. The Morgan fingerprint density at radius 1 is 1.47 bits per heavy atom. The Balaban J connectivity index is 2.19. The molecule has 5 nitrogen and oxygen atoms in total. The molecule has 2 rings (SSSR count). The van der Waals surface area contributed by atoms with Crippen molar-refractivity contribution in [2.75, 3.05) is 5.32 Å². The Hall–Kier alpha value is -1.95. The molecule has 1 aromatic carbocycles. The highest BCUT2D eigenvalue weighted by atomic mass is 32.1. The number of thiazole rings is 1. The van der Waals surface area contributed by atoms with Crippen molar-refractivity contribution in [3.05, 3.63) is 23.2 Å². The van der Waals surface area contributed by atoms with Crippen LogP contribution in [0.4, 0.5) is 5.69 Å². The van der Waals surface area contributed by atoms with Gasteiger partial charge in [-0.2, -0.15) is 0 Å². The van der Waals surface area contributed by atoms with Gasteiger partial charge in [-0.1, -0.05) is 0 Å². The fraction of sp³-hybridized carbons (Fsp3) is 0.182. The molecule has 0 aliphatic carbocycles. The summed E-state index contributed by atoms with van der Waals surface area (Å²) in [6.07, 6.45) is -0.528. The van der Waals surface area contributed by atoms with Crippen molar-refractivity contribution < 1.29 is 14.7 Å². The summed E-state index contributed by atoms with van der Waals surface area (Å²) >= 11 is 1.53. The lowest BCUT2D eigenvalue weighted by Gasteiger charge is -2.02. The standard InChI is InChI=1S/C11H10N2O3S/c1-6-12-8-3-2-7(4-9(8)17-6)13-10(14)5-11(15)16/h2-4H,5H2,1H3,(H,13,14)(H,15,16). The summed E-state index contributed by atoms with van der Waals surface area (Å²) < 4.78 is 0.968. The first-order valence-electron chi connectivity index (χ1n) is 4.93. The van der Waals surface area contributed by atoms with Crippen molar-refractivity contribution in [3.63, 3.8) is 0 Å². The summed E-state index contributed by atoms with van der Waals surface area (Å²) in [6, 6.07) is 5.30. The monoisotopic (exact) mass is 250 g/mol. The van der Waals surface area contributed by atoms with Crippen LogP contribution in [0.15, 0.2) is 18.2 Å². The number of anilines is 1. The maximum Gasteiger partial charge on any atom is 0.312 e. The van der Waals surface area contributed by atoms with E-state index in [4.69, 9.17) is 5.11 Å². The molecule has 0 radical (unpaired) electrons. The number of hydrogen-bond donors (Lipinski definition) is 2. The smallest absolute Gasteiger partial charge is 0.312 e. The van der Waals surface area contributed by atoms with Crippen LogP contribution in [-0.2, 0) is 9.59 Å². The zero-order valence-corrected chi connectivity index (χ0v) is 9.87. The van der Waals surface area contributed by atoms with Crippen LogP contribution < -0.4 is 5.32 Å². The number of nitrogens with one attached hydrogen (secondary N) is 1. The molecule has 88 valence electrons. The second-order valence-electron chi connectivity index (χ2n) is 3.53. The minimum atomic E-state index is -1.14. The van der Waals surface area contributed by atoms with Crippen LogP contribution in [0.1, 0.15) is 11.4 Å². The number of rotatable bonds is 3. The topological polar surface area (TPSA) is 79.3 Å². The molecule has 0 atom stereocenters. The van der Waals surface area contributed by atoms with Crippen molar-refractivity contribution in [1.82, 2.24) is 4.98 Å². The van der Waals surface area contributed by atoms with Crippen LogP contribution in [-0.4, -0.2) is 22.0 Å². The SMILES string of the molecule is Cc1nc2ccc(NC(=O)CC(=O)O)cc2s1. The first kappa shape index (κ1) is 11.5. The quantitative estimate of drug-likeness (QED) is 0.817. The van der Waals surface area contributed by atoms with Gasteiger partial charge >= 0.3 is 5.97 Å². The molecule has 0 aliphatic rings. The van der Waals surface area contributed by atoms with E-state index in [1.54, 1.807) is 18.2 Å². The number of carbonyl (C=O) groups excluding carboxylic acids is 1. The number of nitrogens with zero attached hydrogens (tertiary/aromatic N) is 1. The van der Waals surface area contributed by atoms with Gasteiger partial charge in [-0.15, -0.1) is 11.3 Å². The second kappa shape index (κ2) is 4.50. The van der Waals surface area contributed by atoms with Gasteiger partial charge in [0.15, 0.2) is 0 Å². The number of amides is 1. The molecular formula is C11H10N2O3S. The summed E-state index contributed by atoms with van der Waals surface area (Å²) in [4.78, 5) is 25.9. The maximum atomic E-state index is 11.3. The molecule has 1 amide bonds. The third-order valence-electron chi connectivity index (χ3n) is 2.09. The first-order valence-corrected chi connectivity index (χ1v) is 5.75. The van der Waals surface area contributed by atoms with Crippen LogP contribution in [0.25, 0.3) is 10.2 Å². The molecule has 2 aromatic rings. The Kier molecular flexibility index (Phi) is 3.06. The van der Waals surface area contributed by atoms with E-state index < -0.39 is 18.3 Å². The van der Waals surface area contributed by atoms with E-state index in [9.17, 15) is 9.59 Å². The number of aryl methyl sites for hydroxylation is 1. The molecular weight excluding hydrogens is 240 g/mol. The minimum Gasteiger partial charge on any atom is -0.481 e. The highest BCUT2D eigenvalue weighted by molar-refractivity contribution is 7.18. The predicted molar refractivity (Wildman–Crippen MR) is 65.2 cm³/mol. The Morgan fingerprint density at radius 3 is 2.94 bits per heavy atom. The normalized spacial score (nSPS) is 10.4. The number of aliphatic carboxylic acids is 1. The van der Waals surface area contributed by atoms with Gasteiger partial charge in [-0.3, -0.25) is 9.59 Å². The van der Waals surface area contributed by atoms with Crippen molar-refractivity contribution in [1.29, 1.82) is 0 Å².